The highest BCUT2D eigenvalue weighted by molar-refractivity contribution is 5.97. The Kier molecular flexibility index (Phi) is 6.79. The largest absolute Gasteiger partial charge is 0.492 e. The van der Waals surface area contributed by atoms with Crippen molar-refractivity contribution in [1.29, 1.82) is 0 Å². The van der Waals surface area contributed by atoms with Crippen LogP contribution in [-0.2, 0) is 11.3 Å². The number of nitrogens with one attached hydrogen (secondary N) is 1. The molecule has 206 valence electrons. The molecule has 0 bridgehead atoms. The van der Waals surface area contributed by atoms with Crippen molar-refractivity contribution in [3.63, 3.8) is 0 Å². The lowest BCUT2D eigenvalue weighted by Gasteiger charge is -2.48. The number of hydrogen-bond donors (Lipinski definition) is 2. The van der Waals surface area contributed by atoms with Crippen LogP contribution in [0.4, 0.5) is 8.78 Å². The molecule has 3 fully saturated rings. The molecule has 0 unspecified atom stereocenters. The minimum atomic E-state index is -2.58. The van der Waals surface area contributed by atoms with Crippen LogP contribution in [0.5, 0.6) is 5.88 Å². The molecule has 2 aliphatic carbocycles. The molecule has 3 aliphatic rings. The summed E-state index contributed by atoms with van der Waals surface area (Å²) in [4.78, 5) is 42.9. The van der Waals surface area contributed by atoms with E-state index in [1.807, 2.05) is 25.7 Å². The van der Waals surface area contributed by atoms with Crippen LogP contribution in [0.1, 0.15) is 62.4 Å². The number of piperazine rings is 1. The van der Waals surface area contributed by atoms with Crippen LogP contribution < -0.4 is 10.9 Å². The zero-order chi connectivity index (χ0) is 27.4. The molecule has 10 nitrogen and oxygen atoms in total. The minimum Gasteiger partial charge on any atom is -0.492 e. The molecular weight excluding hydrogens is 498 g/mol. The van der Waals surface area contributed by atoms with Crippen molar-refractivity contribution in [2.75, 3.05) is 19.6 Å². The first-order chi connectivity index (χ1) is 17.9. The molecule has 3 heterocycles. The molecule has 0 radical (unpaired) electrons. The van der Waals surface area contributed by atoms with Gasteiger partial charge in [-0.2, -0.15) is 9.61 Å². The number of carbonyl (C=O) groups excluding carboxylic acids is 2. The highest BCUT2D eigenvalue weighted by Gasteiger charge is 2.48. The van der Waals surface area contributed by atoms with E-state index in [0.717, 1.165) is 17.4 Å². The van der Waals surface area contributed by atoms with E-state index in [2.05, 4.69) is 10.4 Å². The molecule has 1 atom stereocenters. The Balaban J connectivity index is 1.38. The minimum absolute atomic E-state index is 0.0107. The molecule has 1 saturated heterocycles. The monoisotopic (exact) mass is 532 g/mol. The molecule has 5 rings (SSSR count). The van der Waals surface area contributed by atoms with Crippen molar-refractivity contribution in [3.8, 4) is 5.88 Å². The Bertz CT molecular complexity index is 1340. The Morgan fingerprint density at radius 1 is 1.26 bits per heavy atom. The van der Waals surface area contributed by atoms with Gasteiger partial charge in [-0.1, -0.05) is 13.8 Å². The maximum absolute atomic E-state index is 13.4. The average molecular weight is 533 g/mol. The van der Waals surface area contributed by atoms with Gasteiger partial charge in [0, 0.05) is 68.8 Å². The number of carbonyl (C=O) groups is 2. The van der Waals surface area contributed by atoms with E-state index in [-0.39, 0.29) is 60.5 Å². The predicted molar refractivity (Wildman–Crippen MR) is 136 cm³/mol. The lowest BCUT2D eigenvalue weighted by Crippen LogP contribution is -2.60. The Labute approximate surface area is 218 Å². The molecule has 2 saturated carbocycles. The first-order valence-corrected chi connectivity index (χ1v) is 13.2. The van der Waals surface area contributed by atoms with E-state index in [4.69, 9.17) is 0 Å². The van der Waals surface area contributed by atoms with E-state index >= 15 is 0 Å². The van der Waals surface area contributed by atoms with E-state index in [1.54, 1.807) is 11.0 Å². The van der Waals surface area contributed by atoms with Gasteiger partial charge in [0.2, 0.25) is 11.8 Å². The summed E-state index contributed by atoms with van der Waals surface area (Å²) in [5.41, 5.74) is -0.231. The molecule has 2 aromatic heterocycles. The average Bonchev–Trinajstić information content (AvgIpc) is 3.53. The summed E-state index contributed by atoms with van der Waals surface area (Å²) in [6.45, 7) is 7.54. The molecule has 38 heavy (non-hydrogen) atoms. The molecular formula is C26H34F2N6O4. The quantitative estimate of drug-likeness (QED) is 0.529. The second kappa shape index (κ2) is 9.79. The Morgan fingerprint density at radius 3 is 2.58 bits per heavy atom. The first kappa shape index (κ1) is 26.3. The zero-order valence-corrected chi connectivity index (χ0v) is 21.9. The summed E-state index contributed by atoms with van der Waals surface area (Å²) in [6.07, 6.45) is 5.81. The van der Waals surface area contributed by atoms with Gasteiger partial charge in [-0.3, -0.25) is 23.9 Å². The molecule has 2 N–H and O–H groups in total. The Morgan fingerprint density at radius 2 is 1.97 bits per heavy atom. The third kappa shape index (κ3) is 5.05. The van der Waals surface area contributed by atoms with E-state index in [0.29, 0.717) is 25.2 Å². The van der Waals surface area contributed by atoms with Crippen molar-refractivity contribution in [2.24, 2.45) is 5.92 Å². The van der Waals surface area contributed by atoms with Crippen molar-refractivity contribution in [1.82, 2.24) is 29.3 Å². The number of hydrogen-bond acceptors (Lipinski definition) is 6. The highest BCUT2D eigenvalue weighted by Crippen LogP contribution is 2.41. The maximum atomic E-state index is 13.4. The lowest BCUT2D eigenvalue weighted by atomic mass is 9.86. The van der Waals surface area contributed by atoms with Gasteiger partial charge in [0.05, 0.1) is 6.20 Å². The van der Waals surface area contributed by atoms with Crippen LogP contribution >= 0.6 is 0 Å². The maximum Gasteiger partial charge on any atom is 0.270 e. The summed E-state index contributed by atoms with van der Waals surface area (Å²) in [5, 5.41) is 17.8. The predicted octanol–water partition coefficient (Wildman–Crippen LogP) is 2.09. The summed E-state index contributed by atoms with van der Waals surface area (Å²) in [6, 6.07) is -0.271. The van der Waals surface area contributed by atoms with Crippen LogP contribution in [0, 0.1) is 5.92 Å². The third-order valence-electron chi connectivity index (χ3n) is 7.53. The molecule has 0 aromatic carbocycles. The molecule has 1 aliphatic heterocycles. The second-order valence-corrected chi connectivity index (χ2v) is 11.2. The van der Waals surface area contributed by atoms with Gasteiger partial charge in [0.1, 0.15) is 5.65 Å². The fourth-order valence-electron chi connectivity index (χ4n) is 5.34. The van der Waals surface area contributed by atoms with Crippen molar-refractivity contribution in [3.05, 3.63) is 33.8 Å². The van der Waals surface area contributed by atoms with Crippen LogP contribution in [-0.4, -0.2) is 84.6 Å². The van der Waals surface area contributed by atoms with Crippen LogP contribution in [0.3, 0.4) is 0 Å². The standard InChI is InChI=1S/C26H34F2N6O4/c1-15(2)13-33-23-17(12-29-34(23)25(38)21(24(33)37)22(36)30-18-5-6-18)4-7-20(35)32-9-8-31(14-16(32)3)19-10-26(27,28)11-19/h4,7,12,15-16,18-19,38H,5-6,8-11,13-14H2,1-3H3,(H,30,36)/b7-4+/t16-/m1/s1. The number of halogens is 2. The van der Waals surface area contributed by atoms with Gasteiger partial charge in [-0.25, -0.2) is 8.78 Å². The van der Waals surface area contributed by atoms with Crippen molar-refractivity contribution in [2.45, 2.75) is 77.0 Å². The molecule has 0 spiro atoms. The van der Waals surface area contributed by atoms with Gasteiger partial charge >= 0.3 is 0 Å². The van der Waals surface area contributed by atoms with Crippen LogP contribution in [0.15, 0.2) is 17.1 Å². The SMILES string of the molecule is CC(C)Cn1c(=O)c(C(=O)NC2CC2)c(O)n2ncc(/C=C/C(=O)N3CCN(C4CC(F)(F)C4)C[C@H]3C)c12. The Hall–Kier alpha value is -3.28. The smallest absolute Gasteiger partial charge is 0.270 e. The van der Waals surface area contributed by atoms with Gasteiger partial charge in [0.25, 0.3) is 17.4 Å². The van der Waals surface area contributed by atoms with Crippen LogP contribution in [0.2, 0.25) is 0 Å². The normalized spacial score (nSPS) is 22.4. The van der Waals surface area contributed by atoms with E-state index < -0.39 is 23.3 Å². The topological polar surface area (TPSA) is 112 Å². The number of aromatic hydroxyl groups is 1. The number of rotatable bonds is 7. The third-order valence-corrected chi connectivity index (χ3v) is 7.53. The molecule has 2 amide bonds. The fraction of sp³-hybridized carbons (Fsp3) is 0.615. The molecule has 12 heteroatoms. The summed E-state index contributed by atoms with van der Waals surface area (Å²) >= 11 is 0. The van der Waals surface area contributed by atoms with E-state index in [9.17, 15) is 28.3 Å². The highest BCUT2D eigenvalue weighted by atomic mass is 19.3. The summed E-state index contributed by atoms with van der Waals surface area (Å²) < 4.78 is 29.2. The van der Waals surface area contributed by atoms with Gasteiger partial charge in [-0.15, -0.1) is 0 Å². The van der Waals surface area contributed by atoms with Crippen LogP contribution in [0.25, 0.3) is 11.7 Å². The zero-order valence-electron chi connectivity index (χ0n) is 21.9. The second-order valence-electron chi connectivity index (χ2n) is 11.2. The number of alkyl halides is 2. The lowest BCUT2D eigenvalue weighted by molar-refractivity contribution is -0.143. The number of nitrogens with zero attached hydrogens (tertiary/aromatic N) is 5. The van der Waals surface area contributed by atoms with Crippen molar-refractivity contribution < 1.29 is 23.5 Å². The van der Waals surface area contributed by atoms with Gasteiger partial charge in [0.15, 0.2) is 5.56 Å². The first-order valence-electron chi connectivity index (χ1n) is 13.2. The molecule has 2 aromatic rings. The summed E-state index contributed by atoms with van der Waals surface area (Å²) in [5.74, 6) is -3.93. The van der Waals surface area contributed by atoms with Gasteiger partial charge < -0.3 is 15.3 Å². The van der Waals surface area contributed by atoms with Crippen molar-refractivity contribution >= 4 is 23.5 Å². The number of fused-ring (bicyclic) bond motifs is 1. The number of aromatic nitrogens is 3. The van der Waals surface area contributed by atoms with E-state index in [1.165, 1.54) is 16.8 Å². The summed E-state index contributed by atoms with van der Waals surface area (Å²) in [7, 11) is 0. The number of amides is 2. The fourth-order valence-corrected chi connectivity index (χ4v) is 5.34. The van der Waals surface area contributed by atoms with Gasteiger partial charge in [-0.05, 0) is 31.8 Å².